The largest absolute Gasteiger partial charge is 0.479 e. The molecule has 0 heterocycles. The van der Waals surface area contributed by atoms with Crippen LogP contribution in [0.2, 0.25) is 0 Å². The third kappa shape index (κ3) is 2.21. The van der Waals surface area contributed by atoms with Gasteiger partial charge in [0.05, 0.1) is 0 Å². The van der Waals surface area contributed by atoms with Crippen molar-refractivity contribution in [3.05, 3.63) is 29.8 Å². The van der Waals surface area contributed by atoms with Gasteiger partial charge in [-0.1, -0.05) is 18.2 Å². The summed E-state index contributed by atoms with van der Waals surface area (Å²) in [4.78, 5) is 10.5. The van der Waals surface area contributed by atoms with Crippen molar-refractivity contribution in [3.63, 3.8) is 0 Å². The maximum absolute atomic E-state index is 10.5. The molecule has 76 valence electrons. The van der Waals surface area contributed by atoms with Gasteiger partial charge in [0.15, 0.2) is 12.9 Å². The average Bonchev–Trinajstić information content (AvgIpc) is 2.18. The molecule has 0 aliphatic heterocycles. The third-order valence-electron chi connectivity index (χ3n) is 1.67. The first kappa shape index (κ1) is 10.5. The Hall–Kier alpha value is -1.59. The second kappa shape index (κ2) is 4.59. The van der Waals surface area contributed by atoms with E-state index >= 15 is 0 Å². The van der Waals surface area contributed by atoms with Gasteiger partial charge in [-0.05, 0) is 6.07 Å². The fraction of sp³-hybridized carbons (Fsp3) is 0.222. The summed E-state index contributed by atoms with van der Waals surface area (Å²) in [5.41, 5.74) is 0.119. The number of benzene rings is 1. The van der Waals surface area contributed by atoms with E-state index in [4.69, 9.17) is 14.9 Å². The van der Waals surface area contributed by atoms with Crippen LogP contribution in [-0.2, 0) is 4.79 Å². The number of aliphatic hydroxyl groups is 2. The summed E-state index contributed by atoms with van der Waals surface area (Å²) in [5.74, 6) is -1.20. The van der Waals surface area contributed by atoms with Crippen molar-refractivity contribution in [1.82, 2.24) is 0 Å². The highest BCUT2D eigenvalue weighted by Crippen LogP contribution is 2.24. The number of rotatable bonds is 4. The predicted molar refractivity (Wildman–Crippen MR) is 46.8 cm³/mol. The van der Waals surface area contributed by atoms with Crippen LogP contribution in [0.4, 0.5) is 0 Å². The lowest BCUT2D eigenvalue weighted by Gasteiger charge is -2.11. The van der Waals surface area contributed by atoms with Crippen LogP contribution in [0.1, 0.15) is 11.7 Å². The number of carbonyl (C=O) groups is 1. The molecule has 1 aromatic rings. The van der Waals surface area contributed by atoms with Crippen molar-refractivity contribution in [2.75, 3.05) is 6.79 Å². The van der Waals surface area contributed by atoms with E-state index in [1.807, 2.05) is 0 Å². The standard InChI is InChI=1S/C9H10O5/c10-5-14-7-4-2-1-3-6(7)8(11)9(12)13/h1-4,8,10-11H,5H2,(H,12,13). The SMILES string of the molecule is O=C(O)C(O)c1ccccc1OCO. The van der Waals surface area contributed by atoms with Crippen LogP contribution in [0.25, 0.3) is 0 Å². The van der Waals surface area contributed by atoms with Gasteiger partial charge >= 0.3 is 5.97 Å². The highest BCUT2D eigenvalue weighted by molar-refractivity contribution is 5.75. The monoisotopic (exact) mass is 198 g/mol. The van der Waals surface area contributed by atoms with Gasteiger partial charge in [-0.15, -0.1) is 0 Å². The third-order valence-corrected chi connectivity index (χ3v) is 1.67. The van der Waals surface area contributed by atoms with Crippen LogP contribution in [0.15, 0.2) is 24.3 Å². The molecule has 0 radical (unpaired) electrons. The Labute approximate surface area is 80.2 Å². The van der Waals surface area contributed by atoms with Gasteiger partial charge in [0, 0.05) is 5.56 Å². The lowest BCUT2D eigenvalue weighted by Crippen LogP contribution is -2.12. The molecule has 0 saturated heterocycles. The number of aliphatic carboxylic acids is 1. The molecule has 5 nitrogen and oxygen atoms in total. The fourth-order valence-electron chi connectivity index (χ4n) is 1.04. The minimum absolute atomic E-state index is 0.119. The first-order chi connectivity index (χ1) is 6.66. The summed E-state index contributed by atoms with van der Waals surface area (Å²) in [7, 11) is 0. The van der Waals surface area contributed by atoms with Gasteiger partial charge in [-0.2, -0.15) is 0 Å². The highest BCUT2D eigenvalue weighted by Gasteiger charge is 2.19. The van der Waals surface area contributed by atoms with Crippen LogP contribution in [0, 0.1) is 0 Å². The summed E-state index contributed by atoms with van der Waals surface area (Å²) in [6.07, 6.45) is -1.64. The van der Waals surface area contributed by atoms with E-state index < -0.39 is 18.9 Å². The van der Waals surface area contributed by atoms with Crippen molar-refractivity contribution < 1.29 is 24.9 Å². The molecular formula is C9H10O5. The van der Waals surface area contributed by atoms with E-state index in [1.54, 1.807) is 12.1 Å². The van der Waals surface area contributed by atoms with Crippen molar-refractivity contribution in [3.8, 4) is 5.75 Å². The van der Waals surface area contributed by atoms with E-state index in [9.17, 15) is 9.90 Å². The maximum atomic E-state index is 10.5. The zero-order valence-corrected chi connectivity index (χ0v) is 7.25. The normalized spacial score (nSPS) is 12.1. The van der Waals surface area contributed by atoms with Crippen molar-refractivity contribution in [2.24, 2.45) is 0 Å². The molecule has 14 heavy (non-hydrogen) atoms. The van der Waals surface area contributed by atoms with Gasteiger partial charge in [0.25, 0.3) is 0 Å². The van der Waals surface area contributed by atoms with E-state index in [1.165, 1.54) is 12.1 Å². The van der Waals surface area contributed by atoms with Crippen LogP contribution in [-0.4, -0.2) is 28.1 Å². The minimum Gasteiger partial charge on any atom is -0.479 e. The van der Waals surface area contributed by atoms with Gasteiger partial charge in [-0.3, -0.25) is 0 Å². The van der Waals surface area contributed by atoms with E-state index in [2.05, 4.69) is 0 Å². The predicted octanol–water partition coefficient (Wildman–Crippen LogP) is 0.133. The number of ether oxygens (including phenoxy) is 1. The Morgan fingerprint density at radius 3 is 2.64 bits per heavy atom. The van der Waals surface area contributed by atoms with Crippen molar-refractivity contribution in [2.45, 2.75) is 6.10 Å². The van der Waals surface area contributed by atoms with Crippen molar-refractivity contribution in [1.29, 1.82) is 0 Å². The van der Waals surface area contributed by atoms with E-state index in [-0.39, 0.29) is 11.3 Å². The number of carboxylic acid groups (broad SMARTS) is 1. The quantitative estimate of drug-likeness (QED) is 0.599. The van der Waals surface area contributed by atoms with E-state index in [0.29, 0.717) is 0 Å². The highest BCUT2D eigenvalue weighted by atomic mass is 16.6. The summed E-state index contributed by atoms with van der Waals surface area (Å²) < 4.78 is 4.74. The Balaban J connectivity index is 3.00. The summed E-state index contributed by atoms with van der Waals surface area (Å²) in [6.45, 7) is -0.566. The second-order valence-corrected chi connectivity index (χ2v) is 2.55. The smallest absolute Gasteiger partial charge is 0.337 e. The molecule has 1 rings (SSSR count). The van der Waals surface area contributed by atoms with Gasteiger partial charge in [0.2, 0.25) is 0 Å². The molecule has 0 aliphatic rings. The number of hydrogen-bond donors (Lipinski definition) is 3. The molecule has 1 aromatic carbocycles. The zero-order chi connectivity index (χ0) is 10.6. The van der Waals surface area contributed by atoms with Crippen LogP contribution < -0.4 is 4.74 Å². The van der Waals surface area contributed by atoms with E-state index in [0.717, 1.165) is 0 Å². The van der Waals surface area contributed by atoms with Crippen molar-refractivity contribution >= 4 is 5.97 Å². The Morgan fingerprint density at radius 2 is 2.07 bits per heavy atom. The molecule has 0 bridgehead atoms. The maximum Gasteiger partial charge on any atom is 0.337 e. The molecule has 3 N–H and O–H groups in total. The number of hydrogen-bond acceptors (Lipinski definition) is 4. The molecule has 0 aliphatic carbocycles. The molecule has 0 amide bonds. The summed E-state index contributed by atoms with van der Waals surface area (Å²) in [5, 5.41) is 26.3. The first-order valence-corrected chi connectivity index (χ1v) is 3.90. The van der Waals surface area contributed by atoms with Gasteiger partial charge in [0.1, 0.15) is 5.75 Å². The number of aliphatic hydroxyl groups excluding tert-OH is 2. The lowest BCUT2D eigenvalue weighted by atomic mass is 10.1. The Morgan fingerprint density at radius 1 is 1.43 bits per heavy atom. The second-order valence-electron chi connectivity index (χ2n) is 2.55. The number of para-hydroxylation sites is 1. The Kier molecular flexibility index (Phi) is 3.44. The fourth-order valence-corrected chi connectivity index (χ4v) is 1.04. The molecule has 0 fully saturated rings. The Bertz CT molecular complexity index is 323. The topological polar surface area (TPSA) is 87.0 Å². The average molecular weight is 198 g/mol. The van der Waals surface area contributed by atoms with Gasteiger partial charge < -0.3 is 20.1 Å². The minimum atomic E-state index is -1.64. The lowest BCUT2D eigenvalue weighted by molar-refractivity contribution is -0.147. The molecule has 0 spiro atoms. The molecule has 0 aromatic heterocycles. The summed E-state index contributed by atoms with van der Waals surface area (Å²) >= 11 is 0. The molecular weight excluding hydrogens is 188 g/mol. The van der Waals surface area contributed by atoms with Crippen LogP contribution in [0.3, 0.4) is 0 Å². The zero-order valence-electron chi connectivity index (χ0n) is 7.25. The van der Waals surface area contributed by atoms with Gasteiger partial charge in [-0.25, -0.2) is 4.79 Å². The first-order valence-electron chi connectivity index (χ1n) is 3.90. The summed E-state index contributed by atoms with van der Waals surface area (Å²) in [6, 6.07) is 6.08. The molecule has 1 atom stereocenters. The molecule has 5 heteroatoms. The van der Waals surface area contributed by atoms with Crippen LogP contribution in [0.5, 0.6) is 5.75 Å². The molecule has 0 saturated carbocycles. The number of carboxylic acids is 1. The van der Waals surface area contributed by atoms with Crippen LogP contribution >= 0.6 is 0 Å². The molecule has 1 unspecified atom stereocenters.